The molecule has 0 amide bonds. The molecule has 0 saturated carbocycles. The molecule has 0 aliphatic rings. The van der Waals surface area contributed by atoms with Crippen LogP contribution >= 0.6 is 0 Å². The van der Waals surface area contributed by atoms with Gasteiger partial charge in [0.25, 0.3) is 0 Å². The number of hydrogen-bond donors (Lipinski definition) is 1. The lowest BCUT2D eigenvalue weighted by Crippen LogP contribution is -2.12. The molecule has 0 unspecified atom stereocenters. The average Bonchev–Trinajstić information content (AvgIpc) is 3.22. The number of esters is 1. The van der Waals surface area contributed by atoms with Crippen LogP contribution in [0.2, 0.25) is 0 Å². The van der Waals surface area contributed by atoms with Gasteiger partial charge in [-0.1, -0.05) is 6.07 Å². The summed E-state index contributed by atoms with van der Waals surface area (Å²) < 4.78 is 8.42. The third-order valence-electron chi connectivity index (χ3n) is 3.96. The highest BCUT2D eigenvalue weighted by molar-refractivity contribution is 5.96. The fourth-order valence-electron chi connectivity index (χ4n) is 2.75. The standard InChI is InChI=1S/C18H16N4O2/c1-12-14(21-8-3-4-9-21)6-5-7-15(12)22-11-13(10-19)16(20)17(22)18(23)24-2/h3-9,11H,20H2,1-2H3. The number of anilines is 1. The third-order valence-corrected chi connectivity index (χ3v) is 3.96. The molecule has 2 heterocycles. The van der Waals surface area contributed by atoms with Gasteiger partial charge in [0.2, 0.25) is 0 Å². The molecule has 0 bridgehead atoms. The van der Waals surface area contributed by atoms with Crippen LogP contribution in [0.4, 0.5) is 5.69 Å². The molecule has 24 heavy (non-hydrogen) atoms. The van der Waals surface area contributed by atoms with Gasteiger partial charge in [0.15, 0.2) is 5.69 Å². The molecule has 0 aliphatic heterocycles. The van der Waals surface area contributed by atoms with Crippen molar-refractivity contribution in [3.8, 4) is 17.4 Å². The Labute approximate surface area is 139 Å². The van der Waals surface area contributed by atoms with Crippen LogP contribution in [0, 0.1) is 18.3 Å². The summed E-state index contributed by atoms with van der Waals surface area (Å²) >= 11 is 0. The molecular weight excluding hydrogens is 304 g/mol. The van der Waals surface area contributed by atoms with E-state index >= 15 is 0 Å². The molecule has 0 aliphatic carbocycles. The van der Waals surface area contributed by atoms with Gasteiger partial charge in [0.1, 0.15) is 6.07 Å². The van der Waals surface area contributed by atoms with Gasteiger partial charge < -0.3 is 19.6 Å². The molecule has 3 rings (SSSR count). The Kier molecular flexibility index (Phi) is 3.84. The minimum Gasteiger partial charge on any atom is -0.464 e. The van der Waals surface area contributed by atoms with E-state index in [2.05, 4.69) is 0 Å². The van der Waals surface area contributed by atoms with Crippen molar-refractivity contribution < 1.29 is 9.53 Å². The van der Waals surface area contributed by atoms with Crippen molar-refractivity contribution in [3.05, 3.63) is 65.7 Å². The van der Waals surface area contributed by atoms with Crippen molar-refractivity contribution in [2.75, 3.05) is 12.8 Å². The zero-order chi connectivity index (χ0) is 17.3. The summed E-state index contributed by atoms with van der Waals surface area (Å²) in [5.74, 6) is -0.584. The van der Waals surface area contributed by atoms with Crippen LogP contribution in [0.5, 0.6) is 0 Å². The van der Waals surface area contributed by atoms with Gasteiger partial charge in [-0.3, -0.25) is 0 Å². The van der Waals surface area contributed by atoms with Gasteiger partial charge >= 0.3 is 5.97 Å². The highest BCUT2D eigenvalue weighted by Crippen LogP contribution is 2.28. The predicted molar refractivity (Wildman–Crippen MR) is 90.3 cm³/mol. The number of methoxy groups -OCH3 is 1. The summed E-state index contributed by atoms with van der Waals surface area (Å²) in [6.07, 6.45) is 5.44. The number of aromatic nitrogens is 2. The fourth-order valence-corrected chi connectivity index (χ4v) is 2.75. The highest BCUT2D eigenvalue weighted by atomic mass is 16.5. The van der Waals surface area contributed by atoms with E-state index in [9.17, 15) is 10.1 Å². The molecule has 3 aromatic rings. The fraction of sp³-hybridized carbons (Fsp3) is 0.111. The van der Waals surface area contributed by atoms with E-state index in [4.69, 9.17) is 10.5 Å². The third kappa shape index (κ3) is 2.32. The highest BCUT2D eigenvalue weighted by Gasteiger charge is 2.22. The lowest BCUT2D eigenvalue weighted by Gasteiger charge is -2.15. The van der Waals surface area contributed by atoms with Gasteiger partial charge in [-0.2, -0.15) is 5.26 Å². The van der Waals surface area contributed by atoms with Gasteiger partial charge in [0, 0.05) is 24.3 Å². The second kappa shape index (κ2) is 5.97. The van der Waals surface area contributed by atoms with Crippen molar-refractivity contribution in [1.29, 1.82) is 5.26 Å². The van der Waals surface area contributed by atoms with E-state index in [1.165, 1.54) is 7.11 Å². The molecule has 0 atom stereocenters. The zero-order valence-electron chi connectivity index (χ0n) is 13.4. The maximum Gasteiger partial charge on any atom is 0.357 e. The molecule has 6 nitrogen and oxygen atoms in total. The second-order valence-corrected chi connectivity index (χ2v) is 5.29. The maximum absolute atomic E-state index is 12.1. The van der Waals surface area contributed by atoms with Crippen molar-refractivity contribution in [3.63, 3.8) is 0 Å². The number of nitrogens with zero attached hydrogens (tertiary/aromatic N) is 3. The SMILES string of the molecule is COC(=O)c1c(N)c(C#N)cn1-c1cccc(-n2cccc2)c1C. The van der Waals surface area contributed by atoms with Crippen LogP contribution in [-0.4, -0.2) is 22.2 Å². The lowest BCUT2D eigenvalue weighted by molar-refractivity contribution is 0.0593. The molecule has 6 heteroatoms. The number of nitrogens with two attached hydrogens (primary N) is 1. The summed E-state index contributed by atoms with van der Waals surface area (Å²) in [6.45, 7) is 1.95. The van der Waals surface area contributed by atoms with E-state index in [0.29, 0.717) is 0 Å². The van der Waals surface area contributed by atoms with Gasteiger partial charge in [-0.05, 0) is 36.8 Å². The Bertz CT molecular complexity index is 946. The molecule has 0 radical (unpaired) electrons. The summed E-state index contributed by atoms with van der Waals surface area (Å²) in [5, 5.41) is 9.23. The minimum atomic E-state index is -0.584. The smallest absolute Gasteiger partial charge is 0.357 e. The number of benzene rings is 1. The first kappa shape index (κ1) is 15.4. The average molecular weight is 320 g/mol. The summed E-state index contributed by atoms with van der Waals surface area (Å²) in [7, 11) is 1.29. The van der Waals surface area contributed by atoms with Crippen molar-refractivity contribution >= 4 is 11.7 Å². The van der Waals surface area contributed by atoms with E-state index < -0.39 is 5.97 Å². The molecular formula is C18H16N4O2. The predicted octanol–water partition coefficient (Wildman–Crippen LogP) is 2.82. The first-order chi connectivity index (χ1) is 11.6. The normalized spacial score (nSPS) is 10.4. The lowest BCUT2D eigenvalue weighted by atomic mass is 10.1. The summed E-state index contributed by atoms with van der Waals surface area (Å²) in [5.41, 5.74) is 9.15. The summed E-state index contributed by atoms with van der Waals surface area (Å²) in [4.78, 5) is 12.1. The van der Waals surface area contributed by atoms with E-state index in [0.717, 1.165) is 16.9 Å². The Hall–Kier alpha value is -3.46. The molecule has 1 aromatic carbocycles. The topological polar surface area (TPSA) is 86.0 Å². The molecule has 0 fully saturated rings. The van der Waals surface area contributed by atoms with E-state index in [-0.39, 0.29) is 16.9 Å². The Morgan fingerprint density at radius 1 is 1.21 bits per heavy atom. The van der Waals surface area contributed by atoms with Crippen LogP contribution in [0.25, 0.3) is 11.4 Å². The number of carbonyl (C=O) groups is 1. The number of nitriles is 1. The zero-order valence-corrected chi connectivity index (χ0v) is 13.4. The van der Waals surface area contributed by atoms with Crippen LogP contribution in [0.15, 0.2) is 48.9 Å². The maximum atomic E-state index is 12.1. The monoisotopic (exact) mass is 320 g/mol. The first-order valence-electron chi connectivity index (χ1n) is 7.31. The van der Waals surface area contributed by atoms with Gasteiger partial charge in [0.05, 0.1) is 24.0 Å². The summed E-state index contributed by atoms with van der Waals surface area (Å²) in [6, 6.07) is 11.6. The van der Waals surface area contributed by atoms with Crippen molar-refractivity contribution in [2.45, 2.75) is 6.92 Å². The second-order valence-electron chi connectivity index (χ2n) is 5.29. The molecule has 0 spiro atoms. The van der Waals surface area contributed by atoms with Crippen LogP contribution in [0.3, 0.4) is 0 Å². The molecule has 120 valence electrons. The number of hydrogen-bond acceptors (Lipinski definition) is 4. The number of rotatable bonds is 3. The van der Waals surface area contributed by atoms with E-state index in [1.807, 2.05) is 60.3 Å². The Morgan fingerprint density at radius 3 is 2.50 bits per heavy atom. The van der Waals surface area contributed by atoms with Crippen LogP contribution in [-0.2, 0) is 4.74 Å². The van der Waals surface area contributed by atoms with Crippen molar-refractivity contribution in [2.24, 2.45) is 0 Å². The Balaban J connectivity index is 2.26. The molecule has 0 saturated heterocycles. The van der Waals surface area contributed by atoms with Gasteiger partial charge in [-0.15, -0.1) is 0 Å². The Morgan fingerprint density at radius 2 is 1.88 bits per heavy atom. The quantitative estimate of drug-likeness (QED) is 0.752. The van der Waals surface area contributed by atoms with Crippen LogP contribution < -0.4 is 5.73 Å². The minimum absolute atomic E-state index is 0.120. The number of nitrogen functional groups attached to an aromatic ring is 1. The number of carbonyl (C=O) groups excluding carboxylic acids is 1. The largest absolute Gasteiger partial charge is 0.464 e. The first-order valence-corrected chi connectivity index (χ1v) is 7.31. The number of ether oxygens (including phenoxy) is 1. The van der Waals surface area contributed by atoms with E-state index in [1.54, 1.807) is 10.8 Å². The molecule has 2 aromatic heterocycles. The van der Waals surface area contributed by atoms with Crippen LogP contribution in [0.1, 0.15) is 21.6 Å². The van der Waals surface area contributed by atoms with Crippen molar-refractivity contribution in [1.82, 2.24) is 9.13 Å². The van der Waals surface area contributed by atoms with Gasteiger partial charge in [-0.25, -0.2) is 4.79 Å². The molecule has 2 N–H and O–H groups in total.